The van der Waals surface area contributed by atoms with Crippen LogP contribution in [0.5, 0.6) is 0 Å². The van der Waals surface area contributed by atoms with Crippen LogP contribution in [-0.4, -0.2) is 38.8 Å². The zero-order valence-corrected chi connectivity index (χ0v) is 17.7. The zero-order chi connectivity index (χ0) is 21.3. The minimum absolute atomic E-state index is 0.0776. The number of carboxylic acid groups (broad SMARTS) is 1. The lowest BCUT2D eigenvalue weighted by Gasteiger charge is -2.19. The number of aryl methyl sites for hydroxylation is 1. The van der Waals surface area contributed by atoms with Crippen LogP contribution in [0.2, 0.25) is 0 Å². The van der Waals surface area contributed by atoms with Crippen molar-refractivity contribution in [3.05, 3.63) is 70.0 Å². The summed E-state index contributed by atoms with van der Waals surface area (Å²) >= 11 is 3.25. The number of carbonyl (C=O) groups excluding carboxylic acids is 1. The molecule has 1 atom stereocenters. The third kappa shape index (κ3) is 3.80. The van der Waals surface area contributed by atoms with Crippen molar-refractivity contribution < 1.29 is 19.4 Å². The molecule has 1 aliphatic rings. The lowest BCUT2D eigenvalue weighted by molar-refractivity contribution is -0.137. The number of carboxylic acids is 1. The summed E-state index contributed by atoms with van der Waals surface area (Å²) in [4.78, 5) is 23.8. The molecule has 0 aliphatic heterocycles. The molecule has 0 radical (unpaired) electrons. The Bertz CT molecular complexity index is 1050. The Balaban J connectivity index is 1.50. The monoisotopic (exact) mass is 470 g/mol. The SMILES string of the molecule is Cn1nnc(Br)c1C(CC(=O)O)NC(=O)OCC1c2ccccc2-c2ccccc21. The van der Waals surface area contributed by atoms with Gasteiger partial charge in [-0.1, -0.05) is 53.7 Å². The molecule has 2 N–H and O–H groups in total. The Morgan fingerprint density at radius 2 is 1.77 bits per heavy atom. The van der Waals surface area contributed by atoms with Crippen LogP contribution in [0.1, 0.15) is 35.2 Å². The van der Waals surface area contributed by atoms with Gasteiger partial charge in [0.2, 0.25) is 0 Å². The highest BCUT2D eigenvalue weighted by Gasteiger charge is 2.30. The minimum Gasteiger partial charge on any atom is -0.481 e. The van der Waals surface area contributed by atoms with Gasteiger partial charge in [-0.05, 0) is 38.2 Å². The number of hydrogen-bond acceptors (Lipinski definition) is 5. The number of aromatic nitrogens is 3. The standard InChI is InChI=1S/C21H19BrN4O4/c1-26-19(20(22)24-25-26)17(10-18(27)28)23-21(29)30-11-16-14-8-4-2-6-12(14)13-7-3-5-9-15(13)16/h2-9,16-17H,10-11H2,1H3,(H,23,29)(H,27,28). The number of fused-ring (bicyclic) bond motifs is 3. The number of hydrogen-bond donors (Lipinski definition) is 2. The summed E-state index contributed by atoms with van der Waals surface area (Å²) in [5.74, 6) is -1.14. The average molecular weight is 471 g/mol. The molecule has 1 aliphatic carbocycles. The Morgan fingerprint density at radius 3 is 2.30 bits per heavy atom. The molecule has 0 bridgehead atoms. The van der Waals surface area contributed by atoms with Crippen LogP contribution in [0.15, 0.2) is 53.1 Å². The minimum atomic E-state index is -1.06. The Kier molecular flexibility index (Phi) is 5.54. The van der Waals surface area contributed by atoms with Crippen molar-refractivity contribution >= 4 is 28.0 Å². The molecule has 1 amide bonds. The van der Waals surface area contributed by atoms with E-state index in [4.69, 9.17) is 4.74 Å². The van der Waals surface area contributed by atoms with Crippen LogP contribution in [0.25, 0.3) is 11.1 Å². The molecule has 8 nitrogen and oxygen atoms in total. The van der Waals surface area contributed by atoms with Crippen molar-refractivity contribution in [1.29, 1.82) is 0 Å². The molecule has 1 heterocycles. The zero-order valence-electron chi connectivity index (χ0n) is 16.1. The summed E-state index contributed by atoms with van der Waals surface area (Å²) in [5, 5.41) is 19.6. The van der Waals surface area contributed by atoms with E-state index in [2.05, 4.69) is 43.7 Å². The van der Waals surface area contributed by atoms with Crippen molar-refractivity contribution in [2.75, 3.05) is 6.61 Å². The van der Waals surface area contributed by atoms with Gasteiger partial charge in [0.05, 0.1) is 18.2 Å². The van der Waals surface area contributed by atoms with Crippen LogP contribution in [0.4, 0.5) is 4.79 Å². The van der Waals surface area contributed by atoms with Gasteiger partial charge in [-0.15, -0.1) is 5.10 Å². The molecule has 0 saturated carbocycles. The van der Waals surface area contributed by atoms with Crippen LogP contribution >= 0.6 is 15.9 Å². The predicted molar refractivity (Wildman–Crippen MR) is 112 cm³/mol. The Hall–Kier alpha value is -3.20. The van der Waals surface area contributed by atoms with Gasteiger partial charge in [-0.2, -0.15) is 0 Å². The molecule has 0 spiro atoms. The lowest BCUT2D eigenvalue weighted by atomic mass is 9.98. The van der Waals surface area contributed by atoms with Gasteiger partial charge in [0, 0.05) is 13.0 Å². The second kappa shape index (κ2) is 8.27. The molecular formula is C21H19BrN4O4. The van der Waals surface area contributed by atoms with Gasteiger partial charge < -0.3 is 15.2 Å². The molecule has 154 valence electrons. The molecule has 9 heteroatoms. The molecule has 2 aromatic carbocycles. The molecule has 0 saturated heterocycles. The van der Waals surface area contributed by atoms with Crippen molar-refractivity contribution in [3.8, 4) is 11.1 Å². The van der Waals surface area contributed by atoms with E-state index in [0.717, 1.165) is 22.3 Å². The van der Waals surface area contributed by atoms with Crippen molar-refractivity contribution in [2.45, 2.75) is 18.4 Å². The number of amides is 1. The third-order valence-electron chi connectivity index (χ3n) is 5.17. The van der Waals surface area contributed by atoms with Gasteiger partial charge in [0.15, 0.2) is 4.60 Å². The second-order valence-electron chi connectivity index (χ2n) is 7.01. The molecule has 0 fully saturated rings. The van der Waals surface area contributed by atoms with Crippen LogP contribution in [0, 0.1) is 0 Å². The number of alkyl carbamates (subject to hydrolysis) is 1. The van der Waals surface area contributed by atoms with E-state index in [9.17, 15) is 14.7 Å². The van der Waals surface area contributed by atoms with Crippen LogP contribution in [-0.2, 0) is 16.6 Å². The Morgan fingerprint density at radius 1 is 1.17 bits per heavy atom. The number of aliphatic carboxylic acids is 1. The predicted octanol–water partition coefficient (Wildman–Crippen LogP) is 3.63. The highest BCUT2D eigenvalue weighted by atomic mass is 79.9. The first-order valence-electron chi connectivity index (χ1n) is 9.34. The smallest absolute Gasteiger partial charge is 0.407 e. The van der Waals surface area contributed by atoms with Crippen LogP contribution < -0.4 is 5.32 Å². The van der Waals surface area contributed by atoms with Gasteiger partial charge in [-0.3, -0.25) is 4.79 Å². The van der Waals surface area contributed by atoms with Crippen molar-refractivity contribution in [2.24, 2.45) is 7.05 Å². The number of halogens is 1. The fourth-order valence-corrected chi connectivity index (χ4v) is 4.49. The van der Waals surface area contributed by atoms with Gasteiger partial charge >= 0.3 is 12.1 Å². The summed E-state index contributed by atoms with van der Waals surface area (Å²) in [5.41, 5.74) is 4.93. The van der Waals surface area contributed by atoms with Crippen LogP contribution in [0.3, 0.4) is 0 Å². The normalized spacial score (nSPS) is 13.4. The molecule has 3 aromatic rings. The summed E-state index contributed by atoms with van der Waals surface area (Å²) in [6.07, 6.45) is -1.03. The number of nitrogens with one attached hydrogen (secondary N) is 1. The largest absolute Gasteiger partial charge is 0.481 e. The fraction of sp³-hybridized carbons (Fsp3) is 0.238. The molecule has 30 heavy (non-hydrogen) atoms. The summed E-state index contributed by atoms with van der Waals surface area (Å²) < 4.78 is 7.31. The topological polar surface area (TPSA) is 106 Å². The van der Waals surface area contributed by atoms with E-state index in [0.29, 0.717) is 10.3 Å². The second-order valence-corrected chi connectivity index (χ2v) is 7.76. The molecule has 1 unspecified atom stereocenters. The summed E-state index contributed by atoms with van der Waals surface area (Å²) in [6.45, 7) is 0.143. The van der Waals surface area contributed by atoms with E-state index in [1.165, 1.54) is 4.68 Å². The molecular weight excluding hydrogens is 452 g/mol. The van der Waals surface area contributed by atoms with E-state index >= 15 is 0 Å². The number of benzene rings is 2. The first kappa shape index (κ1) is 20.1. The molecule has 4 rings (SSSR count). The average Bonchev–Trinajstić information content (AvgIpc) is 3.22. The van der Waals surface area contributed by atoms with E-state index < -0.39 is 18.1 Å². The fourth-order valence-electron chi connectivity index (χ4n) is 3.88. The number of ether oxygens (including phenoxy) is 1. The highest BCUT2D eigenvalue weighted by Crippen LogP contribution is 2.44. The quantitative estimate of drug-likeness (QED) is 0.569. The van der Waals surface area contributed by atoms with E-state index in [-0.39, 0.29) is 18.9 Å². The third-order valence-corrected chi connectivity index (χ3v) is 5.74. The van der Waals surface area contributed by atoms with E-state index in [1.54, 1.807) is 7.05 Å². The number of nitrogens with zero attached hydrogens (tertiary/aromatic N) is 3. The van der Waals surface area contributed by atoms with Gasteiger partial charge in [0.1, 0.15) is 6.61 Å². The Labute approximate surface area is 181 Å². The number of carbonyl (C=O) groups is 2. The van der Waals surface area contributed by atoms with Crippen molar-refractivity contribution in [1.82, 2.24) is 20.3 Å². The summed E-state index contributed by atoms with van der Waals surface area (Å²) in [7, 11) is 1.63. The summed E-state index contributed by atoms with van der Waals surface area (Å²) in [6, 6.07) is 15.3. The highest BCUT2D eigenvalue weighted by molar-refractivity contribution is 9.10. The maximum Gasteiger partial charge on any atom is 0.407 e. The van der Waals surface area contributed by atoms with Gasteiger partial charge in [-0.25, -0.2) is 9.48 Å². The first-order valence-corrected chi connectivity index (χ1v) is 10.1. The van der Waals surface area contributed by atoms with E-state index in [1.807, 2.05) is 36.4 Å². The number of rotatable bonds is 6. The maximum absolute atomic E-state index is 12.5. The first-order chi connectivity index (χ1) is 14.5. The molecule has 1 aromatic heterocycles. The lowest BCUT2D eigenvalue weighted by Crippen LogP contribution is -2.33. The van der Waals surface area contributed by atoms with Gasteiger partial charge in [0.25, 0.3) is 0 Å². The maximum atomic E-state index is 12.5. The van der Waals surface area contributed by atoms with Crippen molar-refractivity contribution in [3.63, 3.8) is 0 Å².